The molecule has 0 saturated heterocycles. The Morgan fingerprint density at radius 2 is 2.22 bits per heavy atom. The number of aromatic nitrogens is 2. The largest absolute Gasteiger partial charge is 0.382 e. The van der Waals surface area contributed by atoms with Crippen molar-refractivity contribution in [3.05, 3.63) is 11.9 Å². The number of rotatable bonds is 9. The molecule has 0 aliphatic heterocycles. The van der Waals surface area contributed by atoms with Crippen LogP contribution in [-0.4, -0.2) is 29.3 Å². The van der Waals surface area contributed by atoms with Crippen LogP contribution in [0.25, 0.3) is 0 Å². The molecule has 4 heteroatoms. The maximum atomic E-state index is 5.32. The highest BCUT2D eigenvalue weighted by molar-refractivity contribution is 5.28. The summed E-state index contributed by atoms with van der Waals surface area (Å²) in [5.41, 5.74) is 1.07. The molecule has 0 radical (unpaired) electrons. The van der Waals surface area contributed by atoms with Crippen LogP contribution in [0.5, 0.6) is 0 Å². The average molecular weight is 253 g/mol. The van der Waals surface area contributed by atoms with Crippen LogP contribution < -0.4 is 5.32 Å². The van der Waals surface area contributed by atoms with E-state index in [1.165, 1.54) is 6.42 Å². The minimum Gasteiger partial charge on any atom is -0.382 e. The maximum Gasteiger partial charge on any atom is 0.203 e. The molecule has 0 bridgehead atoms. The second-order valence-electron chi connectivity index (χ2n) is 4.85. The third kappa shape index (κ3) is 5.08. The van der Waals surface area contributed by atoms with E-state index in [0.29, 0.717) is 5.92 Å². The van der Waals surface area contributed by atoms with Crippen LogP contribution in [-0.2, 0) is 11.3 Å². The molecule has 0 aliphatic carbocycles. The first-order valence-electron chi connectivity index (χ1n) is 7.02. The van der Waals surface area contributed by atoms with Gasteiger partial charge in [-0.1, -0.05) is 20.3 Å². The summed E-state index contributed by atoms with van der Waals surface area (Å²) in [6.07, 6.45) is 4.33. The molecule has 1 unspecified atom stereocenters. The molecule has 18 heavy (non-hydrogen) atoms. The second-order valence-corrected chi connectivity index (χ2v) is 4.85. The van der Waals surface area contributed by atoms with Crippen LogP contribution in [0.2, 0.25) is 0 Å². The lowest BCUT2D eigenvalue weighted by molar-refractivity contribution is 0.147. The van der Waals surface area contributed by atoms with Crippen LogP contribution in [0.15, 0.2) is 6.20 Å². The van der Waals surface area contributed by atoms with Gasteiger partial charge in [0.25, 0.3) is 0 Å². The number of ether oxygens (including phenoxy) is 1. The van der Waals surface area contributed by atoms with Gasteiger partial charge in [-0.25, -0.2) is 4.98 Å². The van der Waals surface area contributed by atoms with Crippen molar-refractivity contribution < 1.29 is 4.74 Å². The van der Waals surface area contributed by atoms with Gasteiger partial charge in [-0.3, -0.25) is 0 Å². The SMILES string of the molecule is CCOCCCNc1nc(C)cn1CC(C)CC. The van der Waals surface area contributed by atoms with E-state index < -0.39 is 0 Å². The lowest BCUT2D eigenvalue weighted by Crippen LogP contribution is -2.13. The number of imidazole rings is 1. The fraction of sp³-hybridized carbons (Fsp3) is 0.786. The Hall–Kier alpha value is -1.03. The smallest absolute Gasteiger partial charge is 0.203 e. The minimum atomic E-state index is 0.683. The molecule has 1 atom stereocenters. The van der Waals surface area contributed by atoms with Gasteiger partial charge in [-0.15, -0.1) is 0 Å². The normalized spacial score (nSPS) is 12.7. The molecule has 0 amide bonds. The van der Waals surface area contributed by atoms with Crippen molar-refractivity contribution in [3.8, 4) is 0 Å². The highest BCUT2D eigenvalue weighted by atomic mass is 16.5. The number of anilines is 1. The van der Waals surface area contributed by atoms with Gasteiger partial charge in [0.1, 0.15) is 0 Å². The summed E-state index contributed by atoms with van der Waals surface area (Å²) >= 11 is 0. The van der Waals surface area contributed by atoms with Gasteiger partial charge < -0.3 is 14.6 Å². The van der Waals surface area contributed by atoms with Crippen molar-refractivity contribution in [2.75, 3.05) is 25.1 Å². The zero-order valence-corrected chi connectivity index (χ0v) is 12.2. The molecule has 0 spiro atoms. The predicted molar refractivity (Wildman–Crippen MR) is 76.0 cm³/mol. The quantitative estimate of drug-likeness (QED) is 0.687. The molecule has 0 aromatic carbocycles. The van der Waals surface area contributed by atoms with Crippen molar-refractivity contribution in [2.45, 2.75) is 47.1 Å². The van der Waals surface area contributed by atoms with E-state index in [9.17, 15) is 0 Å². The number of nitrogens with zero attached hydrogens (tertiary/aromatic N) is 2. The van der Waals surface area contributed by atoms with Crippen LogP contribution in [0, 0.1) is 12.8 Å². The molecule has 1 N–H and O–H groups in total. The first kappa shape index (κ1) is 15.0. The Bertz CT molecular complexity index is 336. The van der Waals surface area contributed by atoms with Crippen molar-refractivity contribution in [1.82, 2.24) is 9.55 Å². The predicted octanol–water partition coefficient (Wildman–Crippen LogP) is 3.08. The average Bonchev–Trinajstić information content (AvgIpc) is 2.69. The number of aryl methyl sites for hydroxylation is 1. The molecule has 1 aromatic heterocycles. The lowest BCUT2D eigenvalue weighted by atomic mass is 10.1. The fourth-order valence-corrected chi connectivity index (χ4v) is 1.81. The van der Waals surface area contributed by atoms with Gasteiger partial charge >= 0.3 is 0 Å². The highest BCUT2D eigenvalue weighted by Gasteiger charge is 2.07. The van der Waals surface area contributed by atoms with Crippen molar-refractivity contribution in [3.63, 3.8) is 0 Å². The molecular weight excluding hydrogens is 226 g/mol. The summed E-state index contributed by atoms with van der Waals surface area (Å²) in [7, 11) is 0. The van der Waals surface area contributed by atoms with E-state index >= 15 is 0 Å². The van der Waals surface area contributed by atoms with Crippen LogP contribution in [0.3, 0.4) is 0 Å². The van der Waals surface area contributed by atoms with Gasteiger partial charge in [0, 0.05) is 32.5 Å². The molecule has 1 rings (SSSR count). The molecule has 0 saturated carbocycles. The van der Waals surface area contributed by atoms with Crippen molar-refractivity contribution in [2.24, 2.45) is 5.92 Å². The van der Waals surface area contributed by atoms with E-state index in [2.05, 4.69) is 34.9 Å². The summed E-state index contributed by atoms with van der Waals surface area (Å²) < 4.78 is 7.55. The van der Waals surface area contributed by atoms with Crippen LogP contribution >= 0.6 is 0 Å². The highest BCUT2D eigenvalue weighted by Crippen LogP contribution is 2.13. The number of nitrogens with one attached hydrogen (secondary N) is 1. The fourth-order valence-electron chi connectivity index (χ4n) is 1.81. The summed E-state index contributed by atoms with van der Waals surface area (Å²) in [5, 5.41) is 3.39. The van der Waals surface area contributed by atoms with E-state index in [-0.39, 0.29) is 0 Å². The Labute approximate surface area is 111 Å². The van der Waals surface area contributed by atoms with E-state index in [1.807, 2.05) is 13.8 Å². The summed E-state index contributed by atoms with van der Waals surface area (Å²) in [5.74, 6) is 1.67. The molecule has 1 heterocycles. The van der Waals surface area contributed by atoms with Gasteiger partial charge in [-0.05, 0) is 26.2 Å². The summed E-state index contributed by atoms with van der Waals surface area (Å²) in [4.78, 5) is 4.53. The maximum absolute atomic E-state index is 5.32. The summed E-state index contributed by atoms with van der Waals surface area (Å²) in [6, 6.07) is 0. The zero-order valence-electron chi connectivity index (χ0n) is 12.2. The van der Waals surface area contributed by atoms with E-state index in [1.54, 1.807) is 0 Å². The monoisotopic (exact) mass is 253 g/mol. The third-order valence-electron chi connectivity index (χ3n) is 3.05. The van der Waals surface area contributed by atoms with Crippen LogP contribution in [0.4, 0.5) is 5.95 Å². The van der Waals surface area contributed by atoms with E-state index in [0.717, 1.165) is 44.4 Å². The van der Waals surface area contributed by atoms with Crippen molar-refractivity contribution >= 4 is 5.95 Å². The van der Waals surface area contributed by atoms with Gasteiger partial charge in [0.05, 0.1) is 5.69 Å². The lowest BCUT2D eigenvalue weighted by Gasteiger charge is -2.13. The topological polar surface area (TPSA) is 39.1 Å². The first-order valence-corrected chi connectivity index (χ1v) is 7.02. The third-order valence-corrected chi connectivity index (χ3v) is 3.05. The van der Waals surface area contributed by atoms with E-state index in [4.69, 9.17) is 4.74 Å². The molecule has 0 aliphatic rings. The molecule has 104 valence electrons. The number of hydrogen-bond donors (Lipinski definition) is 1. The zero-order chi connectivity index (χ0) is 13.4. The van der Waals surface area contributed by atoms with Gasteiger partial charge in [0.15, 0.2) is 0 Å². The second kappa shape index (κ2) is 8.14. The molecular formula is C14H27N3O. The molecule has 4 nitrogen and oxygen atoms in total. The number of hydrogen-bond acceptors (Lipinski definition) is 3. The Balaban J connectivity index is 2.43. The van der Waals surface area contributed by atoms with Crippen molar-refractivity contribution in [1.29, 1.82) is 0 Å². The Morgan fingerprint density at radius 3 is 2.89 bits per heavy atom. The minimum absolute atomic E-state index is 0.683. The Kier molecular flexibility index (Phi) is 6.80. The molecule has 1 aromatic rings. The standard InChI is InChI=1S/C14H27N3O/c1-5-12(3)10-17-11-13(4)16-14(17)15-8-7-9-18-6-2/h11-12H,5-10H2,1-4H3,(H,15,16). The Morgan fingerprint density at radius 1 is 1.44 bits per heavy atom. The first-order chi connectivity index (χ1) is 8.67. The van der Waals surface area contributed by atoms with Gasteiger partial charge in [0.2, 0.25) is 5.95 Å². The summed E-state index contributed by atoms with van der Waals surface area (Å²) in [6.45, 7) is 12.1. The van der Waals surface area contributed by atoms with Gasteiger partial charge in [-0.2, -0.15) is 0 Å². The van der Waals surface area contributed by atoms with Crippen LogP contribution in [0.1, 0.15) is 39.3 Å². The molecule has 0 fully saturated rings.